The van der Waals surface area contributed by atoms with Crippen molar-refractivity contribution in [2.24, 2.45) is 0 Å². The van der Waals surface area contributed by atoms with Gasteiger partial charge in [-0.3, -0.25) is 4.79 Å². The van der Waals surface area contributed by atoms with Crippen LogP contribution in [-0.4, -0.2) is 28.7 Å². The lowest BCUT2D eigenvalue weighted by atomic mass is 10.1. The van der Waals surface area contributed by atoms with E-state index in [4.69, 9.17) is 10.2 Å². The van der Waals surface area contributed by atoms with Crippen LogP contribution in [0, 0.1) is 0 Å². The fourth-order valence-corrected chi connectivity index (χ4v) is 2.10. The molecule has 0 aliphatic carbocycles. The predicted octanol–water partition coefficient (Wildman–Crippen LogP) is 2.56. The van der Waals surface area contributed by atoms with E-state index in [1.807, 2.05) is 12.1 Å². The van der Waals surface area contributed by atoms with E-state index in [1.165, 1.54) is 12.1 Å². The molecular formula is C17H17NO4. The van der Waals surface area contributed by atoms with Gasteiger partial charge in [-0.2, -0.15) is 0 Å². The smallest absolute Gasteiger partial charge is 0.336 e. The van der Waals surface area contributed by atoms with E-state index in [2.05, 4.69) is 5.32 Å². The van der Waals surface area contributed by atoms with Crippen LogP contribution in [0.2, 0.25) is 0 Å². The molecule has 0 aliphatic rings. The van der Waals surface area contributed by atoms with E-state index in [0.717, 1.165) is 12.0 Å². The molecule has 22 heavy (non-hydrogen) atoms. The zero-order chi connectivity index (χ0) is 15.9. The number of anilines is 1. The Labute approximate surface area is 128 Å². The minimum atomic E-state index is -1.13. The summed E-state index contributed by atoms with van der Waals surface area (Å²) in [5.74, 6) is -1.59. The Hall–Kier alpha value is -2.66. The van der Waals surface area contributed by atoms with E-state index >= 15 is 0 Å². The number of hydrogen-bond acceptors (Lipinski definition) is 3. The molecule has 2 aromatic carbocycles. The van der Waals surface area contributed by atoms with E-state index in [0.29, 0.717) is 12.1 Å². The number of carbonyl (C=O) groups excluding carboxylic acids is 1. The second-order valence-electron chi connectivity index (χ2n) is 4.83. The second-order valence-corrected chi connectivity index (χ2v) is 4.83. The lowest BCUT2D eigenvalue weighted by molar-refractivity contribution is 0.0692. The summed E-state index contributed by atoms with van der Waals surface area (Å²) in [6.07, 6.45) is 1.46. The van der Waals surface area contributed by atoms with Crippen molar-refractivity contribution in [1.82, 2.24) is 0 Å². The van der Waals surface area contributed by atoms with Crippen molar-refractivity contribution >= 4 is 17.6 Å². The van der Waals surface area contributed by atoms with Crippen LogP contribution in [0.1, 0.15) is 32.7 Å². The Bertz CT molecular complexity index is 665. The summed E-state index contributed by atoms with van der Waals surface area (Å²) in [7, 11) is 0. The summed E-state index contributed by atoms with van der Waals surface area (Å²) in [4.78, 5) is 23.3. The van der Waals surface area contributed by atoms with Gasteiger partial charge in [-0.25, -0.2) is 4.79 Å². The molecule has 0 fully saturated rings. The fourth-order valence-electron chi connectivity index (χ4n) is 2.10. The molecule has 0 aromatic heterocycles. The first-order chi connectivity index (χ1) is 10.6. The van der Waals surface area contributed by atoms with Gasteiger partial charge in [-0.15, -0.1) is 0 Å². The Kier molecular flexibility index (Phi) is 5.27. The molecule has 0 saturated carbocycles. The van der Waals surface area contributed by atoms with Crippen LogP contribution in [0.5, 0.6) is 0 Å². The zero-order valence-corrected chi connectivity index (χ0v) is 12.0. The van der Waals surface area contributed by atoms with Crippen molar-refractivity contribution < 1.29 is 19.8 Å². The zero-order valence-electron chi connectivity index (χ0n) is 12.0. The molecule has 2 rings (SSSR count). The average Bonchev–Trinajstić information content (AvgIpc) is 2.54. The molecule has 114 valence electrons. The van der Waals surface area contributed by atoms with Gasteiger partial charge in [-0.1, -0.05) is 24.3 Å². The number of aliphatic hydroxyl groups is 1. The van der Waals surface area contributed by atoms with Crippen molar-refractivity contribution in [3.05, 3.63) is 65.2 Å². The summed E-state index contributed by atoms with van der Waals surface area (Å²) in [6.45, 7) is 0.143. The molecule has 0 spiro atoms. The van der Waals surface area contributed by atoms with Gasteiger partial charge >= 0.3 is 5.97 Å². The summed E-state index contributed by atoms with van der Waals surface area (Å²) < 4.78 is 0. The summed E-state index contributed by atoms with van der Waals surface area (Å²) in [5, 5.41) is 20.6. The van der Waals surface area contributed by atoms with E-state index < -0.39 is 11.9 Å². The van der Waals surface area contributed by atoms with Crippen molar-refractivity contribution in [3.8, 4) is 0 Å². The summed E-state index contributed by atoms with van der Waals surface area (Å²) in [6, 6.07) is 13.3. The number of aryl methyl sites for hydroxylation is 1. The van der Waals surface area contributed by atoms with Crippen molar-refractivity contribution in [3.63, 3.8) is 0 Å². The van der Waals surface area contributed by atoms with Crippen molar-refractivity contribution in [2.75, 3.05) is 11.9 Å². The highest BCUT2D eigenvalue weighted by molar-refractivity contribution is 6.10. The maximum atomic E-state index is 12.2. The summed E-state index contributed by atoms with van der Waals surface area (Å²) in [5.41, 5.74) is 1.76. The van der Waals surface area contributed by atoms with Crippen molar-refractivity contribution in [2.45, 2.75) is 12.8 Å². The Balaban J connectivity index is 2.10. The molecule has 0 bridgehead atoms. The maximum Gasteiger partial charge on any atom is 0.336 e. The minimum Gasteiger partial charge on any atom is -0.478 e. The number of carboxylic acids is 1. The third-order valence-electron chi connectivity index (χ3n) is 3.24. The standard InChI is InChI=1S/C17H17NO4/c19-11-3-4-12-7-9-13(10-8-12)18-16(20)14-5-1-2-6-15(14)17(21)22/h1-2,5-10,19H,3-4,11H2,(H,18,20)(H,21,22). The van der Waals surface area contributed by atoms with Gasteiger partial charge < -0.3 is 15.5 Å². The van der Waals surface area contributed by atoms with Crippen molar-refractivity contribution in [1.29, 1.82) is 0 Å². The highest BCUT2D eigenvalue weighted by Crippen LogP contribution is 2.15. The van der Waals surface area contributed by atoms with Crippen LogP contribution in [0.4, 0.5) is 5.69 Å². The van der Waals surface area contributed by atoms with Crippen LogP contribution >= 0.6 is 0 Å². The van der Waals surface area contributed by atoms with E-state index in [9.17, 15) is 9.59 Å². The van der Waals surface area contributed by atoms with Gasteiger partial charge in [0.2, 0.25) is 0 Å². The number of rotatable bonds is 6. The molecule has 0 atom stereocenters. The van der Waals surface area contributed by atoms with E-state index in [-0.39, 0.29) is 17.7 Å². The fraction of sp³-hybridized carbons (Fsp3) is 0.176. The molecule has 0 radical (unpaired) electrons. The lowest BCUT2D eigenvalue weighted by Crippen LogP contribution is -2.16. The van der Waals surface area contributed by atoms with Crippen LogP contribution in [0.3, 0.4) is 0 Å². The molecule has 3 N–H and O–H groups in total. The largest absolute Gasteiger partial charge is 0.478 e. The molecule has 5 heteroatoms. The number of carboxylic acid groups (broad SMARTS) is 1. The van der Waals surface area contributed by atoms with Crippen LogP contribution in [0.15, 0.2) is 48.5 Å². The third kappa shape index (κ3) is 3.93. The SMILES string of the molecule is O=C(O)c1ccccc1C(=O)Nc1ccc(CCCO)cc1. The highest BCUT2D eigenvalue weighted by Gasteiger charge is 2.15. The first-order valence-corrected chi connectivity index (χ1v) is 6.95. The van der Waals surface area contributed by atoms with E-state index in [1.54, 1.807) is 24.3 Å². The lowest BCUT2D eigenvalue weighted by Gasteiger charge is -2.08. The van der Waals surface area contributed by atoms with Gasteiger partial charge in [0.1, 0.15) is 0 Å². The number of aliphatic hydroxyl groups excluding tert-OH is 1. The van der Waals surface area contributed by atoms with Gasteiger partial charge in [0.15, 0.2) is 0 Å². The molecular weight excluding hydrogens is 282 g/mol. The number of nitrogens with one attached hydrogen (secondary N) is 1. The highest BCUT2D eigenvalue weighted by atomic mass is 16.4. The van der Waals surface area contributed by atoms with Gasteiger partial charge in [0.05, 0.1) is 11.1 Å². The molecule has 1 amide bonds. The number of carbonyl (C=O) groups is 2. The topological polar surface area (TPSA) is 86.6 Å². The van der Waals surface area contributed by atoms with Crippen LogP contribution in [-0.2, 0) is 6.42 Å². The Morgan fingerprint density at radius 2 is 1.59 bits per heavy atom. The first kappa shape index (κ1) is 15.7. The molecule has 0 saturated heterocycles. The van der Waals surface area contributed by atoms with Crippen LogP contribution in [0.25, 0.3) is 0 Å². The summed E-state index contributed by atoms with van der Waals surface area (Å²) >= 11 is 0. The first-order valence-electron chi connectivity index (χ1n) is 6.95. The molecule has 2 aromatic rings. The second kappa shape index (κ2) is 7.38. The number of amides is 1. The number of hydrogen-bond donors (Lipinski definition) is 3. The van der Waals surface area contributed by atoms with Gasteiger partial charge in [-0.05, 0) is 42.7 Å². The molecule has 5 nitrogen and oxygen atoms in total. The number of aromatic carboxylic acids is 1. The Morgan fingerprint density at radius 1 is 0.955 bits per heavy atom. The monoisotopic (exact) mass is 299 g/mol. The molecule has 0 heterocycles. The minimum absolute atomic E-state index is 0.0282. The molecule has 0 aliphatic heterocycles. The average molecular weight is 299 g/mol. The van der Waals surface area contributed by atoms with Crippen LogP contribution < -0.4 is 5.32 Å². The number of benzene rings is 2. The maximum absolute atomic E-state index is 12.2. The Morgan fingerprint density at radius 3 is 2.18 bits per heavy atom. The third-order valence-corrected chi connectivity index (χ3v) is 3.24. The molecule has 0 unspecified atom stereocenters. The normalized spacial score (nSPS) is 10.2. The predicted molar refractivity (Wildman–Crippen MR) is 83.2 cm³/mol. The van der Waals surface area contributed by atoms with Gasteiger partial charge in [0, 0.05) is 12.3 Å². The quantitative estimate of drug-likeness (QED) is 0.765. The van der Waals surface area contributed by atoms with Gasteiger partial charge in [0.25, 0.3) is 5.91 Å².